The predicted octanol–water partition coefficient (Wildman–Crippen LogP) is 2.58. The van der Waals surface area contributed by atoms with Crippen molar-refractivity contribution in [3.8, 4) is 0 Å². The molecule has 0 aliphatic heterocycles. The molecule has 2 aromatic heterocycles. The summed E-state index contributed by atoms with van der Waals surface area (Å²) in [6.07, 6.45) is 0. The van der Waals surface area contributed by atoms with Gasteiger partial charge < -0.3 is 5.73 Å². The number of hydrogen-bond acceptors (Lipinski definition) is 6. The smallest absolute Gasteiger partial charge is 0.241 e. The number of fused-ring (bicyclic) bond motifs is 4. The van der Waals surface area contributed by atoms with E-state index in [0.717, 1.165) is 10.8 Å². The lowest BCUT2D eigenvalue weighted by molar-refractivity contribution is 0.314. The van der Waals surface area contributed by atoms with Gasteiger partial charge in [0.1, 0.15) is 16.7 Å². The number of nitrogens with zero attached hydrogens (tertiary/aromatic N) is 5. The number of aromatic nitrogens is 4. The van der Waals surface area contributed by atoms with Gasteiger partial charge in [-0.15, -0.1) is 10.2 Å². The first-order chi connectivity index (χ1) is 10.2. The molecule has 21 heavy (non-hydrogen) atoms. The van der Waals surface area contributed by atoms with Gasteiger partial charge in [0.05, 0.1) is 0 Å². The number of aromatic amines is 1. The first kappa shape index (κ1) is 11.9. The molecule has 4 rings (SSSR count). The van der Waals surface area contributed by atoms with Gasteiger partial charge in [0.2, 0.25) is 16.4 Å². The van der Waals surface area contributed by atoms with Gasteiger partial charge in [-0.2, -0.15) is 5.16 Å². The maximum atomic E-state index is 5.38. The van der Waals surface area contributed by atoms with Crippen molar-refractivity contribution in [2.45, 2.75) is 0 Å². The average molecular weight is 297 g/mol. The molecule has 2 heterocycles. The van der Waals surface area contributed by atoms with Crippen molar-refractivity contribution in [2.75, 3.05) is 0 Å². The zero-order valence-electron chi connectivity index (χ0n) is 10.4. The number of rotatable bonds is 1. The Labute approximate surface area is 122 Å². The Balaban J connectivity index is 2.18. The van der Waals surface area contributed by atoms with Crippen molar-refractivity contribution >= 4 is 56.1 Å². The molecule has 2 aromatic carbocycles. The molecule has 0 spiro atoms. The van der Waals surface area contributed by atoms with Crippen LogP contribution in [0.25, 0.3) is 33.1 Å². The van der Waals surface area contributed by atoms with E-state index in [1.807, 2.05) is 24.3 Å². The number of hydrogen-bond donors (Lipinski definition) is 2. The number of H-pyrrole nitrogens is 1. The van der Waals surface area contributed by atoms with E-state index in [4.69, 9.17) is 22.6 Å². The van der Waals surface area contributed by atoms with Crippen LogP contribution < -0.4 is 5.73 Å². The van der Waals surface area contributed by atoms with E-state index in [-0.39, 0.29) is 5.11 Å². The van der Waals surface area contributed by atoms with E-state index in [9.17, 15) is 0 Å². The summed E-state index contributed by atoms with van der Waals surface area (Å²) in [6.45, 7) is 0. The van der Waals surface area contributed by atoms with Crippen LogP contribution in [0.2, 0.25) is 0 Å². The van der Waals surface area contributed by atoms with Gasteiger partial charge in [-0.05, 0) is 17.4 Å². The minimum absolute atomic E-state index is 0.0426. The topological polar surface area (TPSA) is 118 Å². The summed E-state index contributed by atoms with van der Waals surface area (Å²) >= 11 is 4.73. The summed E-state index contributed by atoms with van der Waals surface area (Å²) in [7, 11) is 0. The fraction of sp³-hybridized carbons (Fsp3) is 0. The highest BCUT2D eigenvalue weighted by molar-refractivity contribution is 7.80. The van der Waals surface area contributed by atoms with Crippen molar-refractivity contribution in [1.82, 2.24) is 20.3 Å². The second kappa shape index (κ2) is 4.28. The zero-order chi connectivity index (χ0) is 14.4. The highest BCUT2D eigenvalue weighted by Crippen LogP contribution is 2.38. The van der Waals surface area contributed by atoms with Gasteiger partial charge in [-0.3, -0.25) is 4.63 Å². The van der Waals surface area contributed by atoms with Gasteiger partial charge >= 0.3 is 0 Å². The van der Waals surface area contributed by atoms with Crippen LogP contribution in [-0.2, 0) is 0 Å². The molecule has 0 aliphatic carbocycles. The number of benzene rings is 1. The van der Waals surface area contributed by atoms with Crippen LogP contribution in [-0.4, -0.2) is 25.4 Å². The Morgan fingerprint density at radius 2 is 2.00 bits per heavy atom. The van der Waals surface area contributed by atoms with Crippen molar-refractivity contribution < 1.29 is 4.63 Å². The minimum Gasteiger partial charge on any atom is -0.373 e. The summed E-state index contributed by atoms with van der Waals surface area (Å²) in [6, 6.07) is 7.66. The molecule has 0 bridgehead atoms. The summed E-state index contributed by atoms with van der Waals surface area (Å²) in [5.41, 5.74) is 8.04. The van der Waals surface area contributed by atoms with E-state index in [0.29, 0.717) is 28.0 Å². The minimum atomic E-state index is -0.0426. The van der Waals surface area contributed by atoms with Gasteiger partial charge in [0.15, 0.2) is 0 Å². The lowest BCUT2D eigenvalue weighted by Gasteiger charge is -1.91. The monoisotopic (exact) mass is 297 g/mol. The Kier molecular flexibility index (Phi) is 2.42. The van der Waals surface area contributed by atoms with E-state index < -0.39 is 0 Å². The summed E-state index contributed by atoms with van der Waals surface area (Å²) < 4.78 is 4.76. The summed E-state index contributed by atoms with van der Waals surface area (Å²) in [4.78, 5) is 8.89. The Hall–Kier alpha value is -2.94. The van der Waals surface area contributed by atoms with Crippen molar-refractivity contribution in [3.63, 3.8) is 0 Å². The Morgan fingerprint density at radius 1 is 1.19 bits per heavy atom. The predicted molar refractivity (Wildman–Crippen MR) is 80.3 cm³/mol. The first-order valence-corrected chi connectivity index (χ1v) is 6.38. The molecule has 0 saturated heterocycles. The van der Waals surface area contributed by atoms with Crippen LogP contribution >= 0.6 is 12.2 Å². The third kappa shape index (κ3) is 1.75. The second-order valence-electron chi connectivity index (χ2n) is 4.31. The summed E-state index contributed by atoms with van der Waals surface area (Å²) in [5, 5.41) is 15.9. The van der Waals surface area contributed by atoms with Gasteiger partial charge in [0.25, 0.3) is 0 Å². The molecule has 0 atom stereocenters. The largest absolute Gasteiger partial charge is 0.373 e. The maximum absolute atomic E-state index is 5.38. The molecule has 102 valence electrons. The van der Waals surface area contributed by atoms with E-state index in [1.54, 1.807) is 0 Å². The number of nitrogens with one attached hydrogen (secondary N) is 1. The molecule has 4 aromatic rings. The maximum Gasteiger partial charge on any atom is 0.241 e. The zero-order valence-corrected chi connectivity index (χ0v) is 11.3. The third-order valence-corrected chi connectivity index (χ3v) is 3.14. The fourth-order valence-corrected chi connectivity index (χ4v) is 2.29. The average Bonchev–Trinajstić information content (AvgIpc) is 3.05. The van der Waals surface area contributed by atoms with Crippen LogP contribution in [0.1, 0.15) is 0 Å². The molecule has 9 heteroatoms. The molecule has 0 aliphatic rings. The van der Waals surface area contributed by atoms with Crippen molar-refractivity contribution in [1.29, 1.82) is 0 Å². The highest BCUT2D eigenvalue weighted by atomic mass is 32.1. The van der Waals surface area contributed by atoms with Gasteiger partial charge in [0, 0.05) is 10.8 Å². The molecular weight excluding hydrogens is 290 g/mol. The van der Waals surface area contributed by atoms with E-state index in [2.05, 4.69) is 30.5 Å². The molecule has 0 amide bonds. The third-order valence-electron chi connectivity index (χ3n) is 3.06. The quantitative estimate of drug-likeness (QED) is 0.411. The number of thiocarbonyl (C=S) groups is 1. The van der Waals surface area contributed by atoms with Crippen molar-refractivity contribution in [3.05, 3.63) is 24.3 Å². The normalized spacial score (nSPS) is 12.0. The molecule has 3 N–H and O–H groups in total. The van der Waals surface area contributed by atoms with Crippen LogP contribution in [0.4, 0.5) is 5.69 Å². The Bertz CT molecular complexity index is 1030. The SMILES string of the molecule is NC(=S)N=Nc1c2ccccc2c2nc3no[nH]c3nc12. The molecule has 0 saturated carbocycles. The molecular formula is C12H7N7OS. The standard InChI is InChI=1S/C12H7N7OS/c13-12(21)17-16-8-6-4-2-1-3-5(6)7-9(8)15-11-10(14-7)18-20-19-11/h1-4H,(H2,13,21)(H,15,19). The highest BCUT2D eigenvalue weighted by Gasteiger charge is 2.17. The summed E-state index contributed by atoms with van der Waals surface area (Å²) in [5.74, 6) is 0. The lowest BCUT2D eigenvalue weighted by Crippen LogP contribution is -2.01. The molecule has 0 radical (unpaired) electrons. The van der Waals surface area contributed by atoms with Gasteiger partial charge in [-0.1, -0.05) is 24.3 Å². The number of azo groups is 1. The first-order valence-electron chi connectivity index (χ1n) is 5.97. The van der Waals surface area contributed by atoms with Crippen LogP contribution in [0.15, 0.2) is 39.1 Å². The van der Waals surface area contributed by atoms with Crippen LogP contribution in [0, 0.1) is 0 Å². The van der Waals surface area contributed by atoms with E-state index >= 15 is 0 Å². The fourth-order valence-electron chi connectivity index (χ4n) is 2.25. The molecule has 0 unspecified atom stereocenters. The van der Waals surface area contributed by atoms with Gasteiger partial charge in [-0.25, -0.2) is 9.97 Å². The van der Waals surface area contributed by atoms with Crippen molar-refractivity contribution in [2.24, 2.45) is 16.0 Å². The van der Waals surface area contributed by atoms with Crippen LogP contribution in [0.3, 0.4) is 0 Å². The molecule has 8 nitrogen and oxygen atoms in total. The Morgan fingerprint density at radius 3 is 2.81 bits per heavy atom. The number of nitrogens with two attached hydrogens (primary N) is 1. The van der Waals surface area contributed by atoms with E-state index in [1.165, 1.54) is 0 Å². The second-order valence-corrected chi connectivity index (χ2v) is 4.73. The molecule has 0 fully saturated rings. The van der Waals surface area contributed by atoms with Crippen LogP contribution in [0.5, 0.6) is 0 Å². The lowest BCUT2D eigenvalue weighted by atomic mass is 10.2.